The Balaban J connectivity index is 1.52. The van der Waals surface area contributed by atoms with Crippen LogP contribution >= 0.6 is 11.6 Å². The third-order valence-corrected chi connectivity index (χ3v) is 4.82. The minimum absolute atomic E-state index is 0.0266. The molecule has 5 nitrogen and oxygen atoms in total. The largest absolute Gasteiger partial charge is 0.493 e. The zero-order chi connectivity index (χ0) is 18.8. The number of benzene rings is 1. The Morgan fingerprint density at radius 2 is 1.92 bits per heavy atom. The van der Waals surface area contributed by atoms with Gasteiger partial charge in [0.25, 0.3) is 0 Å². The van der Waals surface area contributed by atoms with Crippen LogP contribution in [0.4, 0.5) is 0 Å². The van der Waals surface area contributed by atoms with Crippen LogP contribution < -0.4 is 15.4 Å². The molecule has 0 atom stereocenters. The molecule has 144 valence electrons. The van der Waals surface area contributed by atoms with Gasteiger partial charge in [-0.05, 0) is 49.9 Å². The third kappa shape index (κ3) is 7.65. The standard InChI is InChI=1S/C20H29ClN2O3/c1-15-14-16(21)9-10-18(15)26-13-5-8-19(24)22-12-11-20(25)23-17-6-3-2-4-7-17/h9-10,14,17H,2-8,11-13H2,1H3,(H,22,24)(H,23,25). The van der Waals surface area contributed by atoms with Gasteiger partial charge in [0.15, 0.2) is 0 Å². The maximum Gasteiger partial charge on any atom is 0.221 e. The van der Waals surface area contributed by atoms with Gasteiger partial charge < -0.3 is 15.4 Å². The summed E-state index contributed by atoms with van der Waals surface area (Å²) in [5, 5.41) is 6.53. The van der Waals surface area contributed by atoms with Crippen LogP contribution in [0.25, 0.3) is 0 Å². The first-order valence-electron chi connectivity index (χ1n) is 9.49. The molecule has 0 aliphatic heterocycles. The Labute approximate surface area is 160 Å². The molecule has 0 aromatic heterocycles. The lowest BCUT2D eigenvalue weighted by molar-refractivity contribution is -0.122. The molecule has 1 aromatic rings. The van der Waals surface area contributed by atoms with Crippen molar-refractivity contribution < 1.29 is 14.3 Å². The molecule has 0 bridgehead atoms. The van der Waals surface area contributed by atoms with Gasteiger partial charge in [-0.1, -0.05) is 30.9 Å². The van der Waals surface area contributed by atoms with Gasteiger partial charge in [-0.2, -0.15) is 0 Å². The second kappa shape index (κ2) is 11.1. The first-order valence-corrected chi connectivity index (χ1v) is 9.87. The van der Waals surface area contributed by atoms with Crippen molar-refractivity contribution in [3.63, 3.8) is 0 Å². The lowest BCUT2D eigenvalue weighted by Gasteiger charge is -2.22. The van der Waals surface area contributed by atoms with Gasteiger partial charge in [0, 0.05) is 30.5 Å². The number of hydrogen-bond acceptors (Lipinski definition) is 3. The highest BCUT2D eigenvalue weighted by molar-refractivity contribution is 6.30. The van der Waals surface area contributed by atoms with Crippen molar-refractivity contribution in [1.29, 1.82) is 0 Å². The predicted molar refractivity (Wildman–Crippen MR) is 104 cm³/mol. The summed E-state index contributed by atoms with van der Waals surface area (Å²) < 4.78 is 5.67. The molecule has 6 heteroatoms. The maximum absolute atomic E-state index is 11.9. The minimum Gasteiger partial charge on any atom is -0.493 e. The summed E-state index contributed by atoms with van der Waals surface area (Å²) in [4.78, 5) is 23.7. The highest BCUT2D eigenvalue weighted by Crippen LogP contribution is 2.22. The molecule has 2 rings (SSSR count). The number of halogens is 1. The van der Waals surface area contributed by atoms with Crippen LogP contribution in [-0.2, 0) is 9.59 Å². The van der Waals surface area contributed by atoms with E-state index in [1.807, 2.05) is 19.1 Å². The van der Waals surface area contributed by atoms with E-state index in [1.54, 1.807) is 6.07 Å². The Hall–Kier alpha value is -1.75. The van der Waals surface area contributed by atoms with Crippen molar-refractivity contribution in [2.45, 2.75) is 64.3 Å². The molecule has 0 unspecified atom stereocenters. The Morgan fingerprint density at radius 3 is 2.65 bits per heavy atom. The van der Waals surface area contributed by atoms with Crippen molar-refractivity contribution in [1.82, 2.24) is 10.6 Å². The van der Waals surface area contributed by atoms with Gasteiger partial charge in [0.05, 0.1) is 6.61 Å². The molecule has 1 fully saturated rings. The second-order valence-electron chi connectivity index (χ2n) is 6.86. The van der Waals surface area contributed by atoms with Crippen LogP contribution in [0.1, 0.15) is 56.9 Å². The van der Waals surface area contributed by atoms with E-state index in [4.69, 9.17) is 16.3 Å². The quantitative estimate of drug-likeness (QED) is 0.641. The number of aryl methyl sites for hydroxylation is 1. The highest BCUT2D eigenvalue weighted by atomic mass is 35.5. The van der Waals surface area contributed by atoms with Crippen molar-refractivity contribution >= 4 is 23.4 Å². The number of carbonyl (C=O) groups is 2. The molecule has 2 amide bonds. The van der Waals surface area contributed by atoms with Gasteiger partial charge in [-0.15, -0.1) is 0 Å². The van der Waals surface area contributed by atoms with Crippen molar-refractivity contribution in [2.24, 2.45) is 0 Å². The van der Waals surface area contributed by atoms with E-state index >= 15 is 0 Å². The Bertz CT molecular complexity index is 601. The maximum atomic E-state index is 11.9. The minimum atomic E-state index is -0.0492. The van der Waals surface area contributed by atoms with Crippen molar-refractivity contribution in [3.05, 3.63) is 28.8 Å². The van der Waals surface area contributed by atoms with Gasteiger partial charge in [-0.25, -0.2) is 0 Å². The predicted octanol–water partition coefficient (Wildman–Crippen LogP) is 3.76. The van der Waals surface area contributed by atoms with E-state index in [1.165, 1.54) is 19.3 Å². The van der Waals surface area contributed by atoms with Crippen molar-refractivity contribution in [3.8, 4) is 5.75 Å². The molecule has 1 aliphatic rings. The molecular formula is C20H29ClN2O3. The van der Waals surface area contributed by atoms with Gasteiger partial charge >= 0.3 is 0 Å². The molecule has 1 saturated carbocycles. The van der Waals surface area contributed by atoms with Crippen LogP contribution in [0.15, 0.2) is 18.2 Å². The average Bonchev–Trinajstić information content (AvgIpc) is 2.61. The van der Waals surface area contributed by atoms with Crippen LogP contribution in [0.2, 0.25) is 5.02 Å². The van der Waals surface area contributed by atoms with E-state index < -0.39 is 0 Å². The van der Waals surface area contributed by atoms with Gasteiger partial charge in [-0.3, -0.25) is 9.59 Å². The molecule has 2 N–H and O–H groups in total. The third-order valence-electron chi connectivity index (χ3n) is 4.59. The normalized spacial score (nSPS) is 14.7. The Kier molecular flexibility index (Phi) is 8.75. The molecule has 0 heterocycles. The van der Waals surface area contributed by atoms with E-state index in [2.05, 4.69) is 10.6 Å². The number of hydrogen-bond donors (Lipinski definition) is 2. The zero-order valence-electron chi connectivity index (χ0n) is 15.5. The molecule has 1 aliphatic carbocycles. The summed E-state index contributed by atoms with van der Waals surface area (Å²) in [6, 6.07) is 5.79. The lowest BCUT2D eigenvalue weighted by Crippen LogP contribution is -2.38. The smallest absolute Gasteiger partial charge is 0.221 e. The van der Waals surface area contributed by atoms with Crippen LogP contribution in [0.5, 0.6) is 5.75 Å². The van der Waals surface area contributed by atoms with Crippen molar-refractivity contribution in [2.75, 3.05) is 13.2 Å². The fourth-order valence-electron chi connectivity index (χ4n) is 3.14. The fraction of sp³-hybridized carbons (Fsp3) is 0.600. The highest BCUT2D eigenvalue weighted by Gasteiger charge is 2.15. The fourth-order valence-corrected chi connectivity index (χ4v) is 3.37. The number of ether oxygens (including phenoxy) is 1. The summed E-state index contributed by atoms with van der Waals surface area (Å²) >= 11 is 5.91. The monoisotopic (exact) mass is 380 g/mol. The van der Waals surface area contributed by atoms with Crippen LogP contribution in [-0.4, -0.2) is 31.0 Å². The summed E-state index contributed by atoms with van der Waals surface area (Å²) in [5.74, 6) is 0.764. The molecule has 26 heavy (non-hydrogen) atoms. The van der Waals surface area contributed by atoms with E-state index in [0.29, 0.717) is 43.5 Å². The summed E-state index contributed by atoms with van der Waals surface area (Å²) in [5.41, 5.74) is 0.978. The van der Waals surface area contributed by atoms with Crippen LogP contribution in [0, 0.1) is 6.92 Å². The Morgan fingerprint density at radius 1 is 1.15 bits per heavy atom. The molecule has 0 saturated heterocycles. The number of nitrogens with one attached hydrogen (secondary N) is 2. The zero-order valence-corrected chi connectivity index (χ0v) is 16.2. The van der Waals surface area contributed by atoms with Gasteiger partial charge in [0.1, 0.15) is 5.75 Å². The summed E-state index contributed by atoms with van der Waals surface area (Å²) in [6.45, 7) is 2.79. The van der Waals surface area contributed by atoms with Gasteiger partial charge in [0.2, 0.25) is 11.8 Å². The number of rotatable bonds is 9. The SMILES string of the molecule is Cc1cc(Cl)ccc1OCCCC(=O)NCCC(=O)NC1CCCCC1. The topological polar surface area (TPSA) is 67.4 Å². The van der Waals surface area contributed by atoms with E-state index in [0.717, 1.165) is 24.2 Å². The van der Waals surface area contributed by atoms with E-state index in [9.17, 15) is 9.59 Å². The molecule has 1 aromatic carbocycles. The van der Waals surface area contributed by atoms with Crippen LogP contribution in [0.3, 0.4) is 0 Å². The number of carbonyl (C=O) groups excluding carboxylic acids is 2. The summed E-state index contributed by atoms with van der Waals surface area (Å²) in [6.07, 6.45) is 7.15. The second-order valence-corrected chi connectivity index (χ2v) is 7.30. The van der Waals surface area contributed by atoms with E-state index in [-0.39, 0.29) is 11.8 Å². The molecular weight excluding hydrogens is 352 g/mol. The average molecular weight is 381 g/mol. The summed E-state index contributed by atoms with van der Waals surface area (Å²) in [7, 11) is 0. The first-order chi connectivity index (χ1) is 12.5. The molecule has 0 spiro atoms. The molecule has 0 radical (unpaired) electrons. The number of amides is 2. The lowest BCUT2D eigenvalue weighted by atomic mass is 9.95. The first kappa shape index (κ1) is 20.6.